The zero-order valence-corrected chi connectivity index (χ0v) is 11.5. The molecule has 3 rings (SSSR count). The van der Waals surface area contributed by atoms with Crippen LogP contribution in [-0.4, -0.2) is 0 Å². The van der Waals surface area contributed by atoms with Crippen LogP contribution in [0.3, 0.4) is 0 Å². The third-order valence-electron chi connectivity index (χ3n) is 4.07. The molecule has 1 atom stereocenters. The van der Waals surface area contributed by atoms with E-state index in [2.05, 4.69) is 30.4 Å². The lowest BCUT2D eigenvalue weighted by atomic mass is 9.89. The molecule has 1 aliphatic rings. The summed E-state index contributed by atoms with van der Waals surface area (Å²) in [6.45, 7) is 3.08. The van der Waals surface area contributed by atoms with Crippen LogP contribution in [0, 0.1) is 0 Å². The SMILES string of the molecule is CC(NCc1ccoc1)c1ccc2c(c1)CCCC2. The van der Waals surface area contributed by atoms with E-state index in [-0.39, 0.29) is 0 Å². The van der Waals surface area contributed by atoms with Crippen molar-refractivity contribution in [3.8, 4) is 0 Å². The molecule has 1 aromatic carbocycles. The minimum Gasteiger partial charge on any atom is -0.472 e. The van der Waals surface area contributed by atoms with Crippen molar-refractivity contribution in [2.24, 2.45) is 0 Å². The van der Waals surface area contributed by atoms with E-state index in [0.29, 0.717) is 6.04 Å². The maximum absolute atomic E-state index is 5.09. The summed E-state index contributed by atoms with van der Waals surface area (Å²) >= 11 is 0. The molecule has 2 heteroatoms. The van der Waals surface area contributed by atoms with E-state index in [4.69, 9.17) is 4.42 Å². The van der Waals surface area contributed by atoms with Crippen LogP contribution in [0.2, 0.25) is 0 Å². The molecule has 1 N–H and O–H groups in total. The number of benzene rings is 1. The molecular weight excluding hydrogens is 234 g/mol. The number of hydrogen-bond donors (Lipinski definition) is 1. The summed E-state index contributed by atoms with van der Waals surface area (Å²) in [7, 11) is 0. The smallest absolute Gasteiger partial charge is 0.0947 e. The lowest BCUT2D eigenvalue weighted by Gasteiger charge is -2.20. The molecule has 0 bridgehead atoms. The minimum atomic E-state index is 0.377. The van der Waals surface area contributed by atoms with Crippen molar-refractivity contribution < 1.29 is 4.42 Å². The summed E-state index contributed by atoms with van der Waals surface area (Å²) in [6, 6.07) is 9.37. The molecule has 19 heavy (non-hydrogen) atoms. The summed E-state index contributed by atoms with van der Waals surface area (Å²) in [6.07, 6.45) is 8.71. The van der Waals surface area contributed by atoms with Crippen molar-refractivity contribution in [1.82, 2.24) is 5.32 Å². The van der Waals surface area contributed by atoms with Crippen LogP contribution in [0.1, 0.15) is 48.1 Å². The second-order valence-electron chi connectivity index (χ2n) is 5.47. The van der Waals surface area contributed by atoms with E-state index in [0.717, 1.165) is 6.54 Å². The van der Waals surface area contributed by atoms with Crippen molar-refractivity contribution in [1.29, 1.82) is 0 Å². The predicted molar refractivity (Wildman–Crippen MR) is 77.0 cm³/mol. The maximum atomic E-state index is 5.09. The Balaban J connectivity index is 1.67. The standard InChI is InChI=1S/C17H21NO/c1-13(18-11-14-8-9-19-12-14)16-7-6-15-4-2-3-5-17(15)10-16/h6-10,12-13,18H,2-5,11H2,1H3. The predicted octanol–water partition coefficient (Wildman–Crippen LogP) is 4.01. The van der Waals surface area contributed by atoms with Crippen molar-refractivity contribution >= 4 is 0 Å². The van der Waals surface area contributed by atoms with Gasteiger partial charge in [0.05, 0.1) is 12.5 Å². The molecule has 1 heterocycles. The van der Waals surface area contributed by atoms with E-state index in [1.54, 1.807) is 23.7 Å². The maximum Gasteiger partial charge on any atom is 0.0947 e. The van der Waals surface area contributed by atoms with Gasteiger partial charge in [-0.1, -0.05) is 18.2 Å². The Labute approximate surface area is 114 Å². The normalized spacial score (nSPS) is 16.1. The topological polar surface area (TPSA) is 25.2 Å². The van der Waals surface area contributed by atoms with Crippen LogP contribution in [-0.2, 0) is 19.4 Å². The van der Waals surface area contributed by atoms with E-state index < -0.39 is 0 Å². The summed E-state index contributed by atoms with van der Waals surface area (Å²) in [5.41, 5.74) is 5.70. The number of rotatable bonds is 4. The molecule has 0 saturated heterocycles. The van der Waals surface area contributed by atoms with E-state index in [9.17, 15) is 0 Å². The monoisotopic (exact) mass is 255 g/mol. The lowest BCUT2D eigenvalue weighted by molar-refractivity contribution is 0.546. The minimum absolute atomic E-state index is 0.377. The first-order valence-electron chi connectivity index (χ1n) is 7.19. The van der Waals surface area contributed by atoms with Gasteiger partial charge in [-0.25, -0.2) is 0 Å². The van der Waals surface area contributed by atoms with Gasteiger partial charge in [-0.15, -0.1) is 0 Å². The molecule has 1 aliphatic carbocycles. The summed E-state index contributed by atoms with van der Waals surface area (Å²) < 4.78 is 5.09. The fraction of sp³-hybridized carbons (Fsp3) is 0.412. The Hall–Kier alpha value is -1.54. The molecule has 2 nitrogen and oxygen atoms in total. The Bertz CT molecular complexity index is 530. The van der Waals surface area contributed by atoms with Gasteiger partial charge >= 0.3 is 0 Å². The second kappa shape index (κ2) is 5.62. The molecule has 0 saturated carbocycles. The van der Waals surface area contributed by atoms with E-state index >= 15 is 0 Å². The highest BCUT2D eigenvalue weighted by molar-refractivity contribution is 5.35. The van der Waals surface area contributed by atoms with Gasteiger partial charge in [0.2, 0.25) is 0 Å². The second-order valence-corrected chi connectivity index (χ2v) is 5.47. The van der Waals surface area contributed by atoms with Crippen molar-refractivity contribution in [3.63, 3.8) is 0 Å². The number of fused-ring (bicyclic) bond motifs is 1. The van der Waals surface area contributed by atoms with Crippen LogP contribution >= 0.6 is 0 Å². The number of aryl methyl sites for hydroxylation is 2. The summed E-state index contributed by atoms with van der Waals surface area (Å²) in [4.78, 5) is 0. The van der Waals surface area contributed by atoms with E-state index in [1.807, 2.05) is 6.07 Å². The highest BCUT2D eigenvalue weighted by Crippen LogP contribution is 2.24. The fourth-order valence-electron chi connectivity index (χ4n) is 2.80. The van der Waals surface area contributed by atoms with Gasteiger partial charge in [0.15, 0.2) is 0 Å². The molecule has 0 fully saturated rings. The highest BCUT2D eigenvalue weighted by Gasteiger charge is 2.12. The van der Waals surface area contributed by atoms with Crippen LogP contribution in [0.4, 0.5) is 0 Å². The first kappa shape index (κ1) is 12.5. The molecule has 0 spiro atoms. The summed E-state index contributed by atoms with van der Waals surface area (Å²) in [5.74, 6) is 0. The first-order valence-corrected chi connectivity index (χ1v) is 7.19. The fourth-order valence-corrected chi connectivity index (χ4v) is 2.80. The third-order valence-corrected chi connectivity index (χ3v) is 4.07. The largest absolute Gasteiger partial charge is 0.472 e. The first-order chi connectivity index (χ1) is 9.33. The highest BCUT2D eigenvalue weighted by atomic mass is 16.3. The molecular formula is C17H21NO. The Morgan fingerprint density at radius 1 is 1.16 bits per heavy atom. The number of nitrogens with one attached hydrogen (secondary N) is 1. The van der Waals surface area contributed by atoms with Crippen molar-refractivity contribution in [2.75, 3.05) is 0 Å². The van der Waals surface area contributed by atoms with Crippen molar-refractivity contribution in [3.05, 3.63) is 59.0 Å². The lowest BCUT2D eigenvalue weighted by Crippen LogP contribution is -2.18. The average Bonchev–Trinajstić information content (AvgIpc) is 2.97. The van der Waals surface area contributed by atoms with Crippen LogP contribution in [0.25, 0.3) is 0 Å². The van der Waals surface area contributed by atoms with E-state index in [1.165, 1.54) is 36.8 Å². The molecule has 1 unspecified atom stereocenters. The molecule has 100 valence electrons. The zero-order chi connectivity index (χ0) is 13.1. The number of furan rings is 1. The molecule has 1 aromatic heterocycles. The Morgan fingerprint density at radius 2 is 2.00 bits per heavy atom. The third kappa shape index (κ3) is 2.90. The molecule has 0 amide bonds. The molecule has 0 radical (unpaired) electrons. The Kier molecular flexibility index (Phi) is 3.69. The zero-order valence-electron chi connectivity index (χ0n) is 11.5. The van der Waals surface area contributed by atoms with Gasteiger partial charge in [-0.05, 0) is 55.4 Å². The van der Waals surface area contributed by atoms with Gasteiger partial charge < -0.3 is 9.73 Å². The van der Waals surface area contributed by atoms with Gasteiger partial charge in [0, 0.05) is 18.2 Å². The van der Waals surface area contributed by atoms with Gasteiger partial charge in [0.25, 0.3) is 0 Å². The average molecular weight is 255 g/mol. The molecule has 2 aromatic rings. The van der Waals surface area contributed by atoms with Gasteiger partial charge in [-0.3, -0.25) is 0 Å². The Morgan fingerprint density at radius 3 is 2.79 bits per heavy atom. The summed E-state index contributed by atoms with van der Waals surface area (Å²) in [5, 5.41) is 3.55. The van der Waals surface area contributed by atoms with Gasteiger partial charge in [0.1, 0.15) is 0 Å². The van der Waals surface area contributed by atoms with Crippen molar-refractivity contribution in [2.45, 2.75) is 45.2 Å². The van der Waals surface area contributed by atoms with Crippen LogP contribution in [0.5, 0.6) is 0 Å². The molecule has 0 aliphatic heterocycles. The number of hydrogen-bond acceptors (Lipinski definition) is 2. The van der Waals surface area contributed by atoms with Crippen LogP contribution in [0.15, 0.2) is 41.2 Å². The quantitative estimate of drug-likeness (QED) is 0.893. The van der Waals surface area contributed by atoms with Gasteiger partial charge in [-0.2, -0.15) is 0 Å². The van der Waals surface area contributed by atoms with Crippen LogP contribution < -0.4 is 5.32 Å².